The SMILES string of the molecule is NNC(CSC1CCCCC1)c1c(F)cccc1F. The van der Waals surface area contributed by atoms with Crippen molar-refractivity contribution in [1.29, 1.82) is 0 Å². The Labute approximate surface area is 117 Å². The minimum Gasteiger partial charge on any atom is -0.271 e. The molecule has 0 heterocycles. The molecule has 1 aromatic rings. The molecule has 5 heteroatoms. The minimum atomic E-state index is -0.535. The lowest BCUT2D eigenvalue weighted by molar-refractivity contribution is 0.495. The maximum Gasteiger partial charge on any atom is 0.130 e. The molecule has 0 spiro atoms. The van der Waals surface area contributed by atoms with Gasteiger partial charge in [0.2, 0.25) is 0 Å². The van der Waals surface area contributed by atoms with Crippen LogP contribution < -0.4 is 11.3 Å². The van der Waals surface area contributed by atoms with Gasteiger partial charge in [0.05, 0.1) is 6.04 Å². The molecule has 1 aliphatic carbocycles. The fourth-order valence-electron chi connectivity index (χ4n) is 2.52. The zero-order valence-electron chi connectivity index (χ0n) is 10.9. The Hall–Kier alpha value is -0.650. The van der Waals surface area contributed by atoms with E-state index in [1.165, 1.54) is 50.3 Å². The third kappa shape index (κ3) is 3.91. The quantitative estimate of drug-likeness (QED) is 0.642. The molecule has 0 radical (unpaired) electrons. The number of hydrogen-bond acceptors (Lipinski definition) is 3. The van der Waals surface area contributed by atoms with Gasteiger partial charge in [0.15, 0.2) is 0 Å². The smallest absolute Gasteiger partial charge is 0.130 e. The summed E-state index contributed by atoms with van der Waals surface area (Å²) in [5, 5.41) is 0.597. The summed E-state index contributed by atoms with van der Waals surface area (Å²) >= 11 is 1.77. The van der Waals surface area contributed by atoms with Crippen LogP contribution in [-0.4, -0.2) is 11.0 Å². The largest absolute Gasteiger partial charge is 0.271 e. The third-order valence-corrected chi connectivity index (χ3v) is 5.07. The van der Waals surface area contributed by atoms with Gasteiger partial charge in [-0.25, -0.2) is 8.78 Å². The number of thioether (sulfide) groups is 1. The molecule has 1 aromatic carbocycles. The average molecular weight is 286 g/mol. The van der Waals surface area contributed by atoms with Gasteiger partial charge in [-0.1, -0.05) is 25.3 Å². The molecular formula is C14H20F2N2S. The van der Waals surface area contributed by atoms with Crippen LogP contribution in [0.1, 0.15) is 43.7 Å². The first-order valence-corrected chi connectivity index (χ1v) is 7.79. The monoisotopic (exact) mass is 286 g/mol. The van der Waals surface area contributed by atoms with Crippen molar-refractivity contribution >= 4 is 11.8 Å². The highest BCUT2D eigenvalue weighted by Gasteiger charge is 2.21. The van der Waals surface area contributed by atoms with Crippen molar-refractivity contribution in [3.8, 4) is 0 Å². The molecule has 1 saturated carbocycles. The Balaban J connectivity index is 1.99. The summed E-state index contributed by atoms with van der Waals surface area (Å²) in [7, 11) is 0. The normalized spacial score (nSPS) is 18.5. The van der Waals surface area contributed by atoms with Crippen molar-refractivity contribution in [2.45, 2.75) is 43.4 Å². The second kappa shape index (κ2) is 7.22. The van der Waals surface area contributed by atoms with Crippen LogP contribution in [0.2, 0.25) is 0 Å². The van der Waals surface area contributed by atoms with Gasteiger partial charge in [-0.05, 0) is 25.0 Å². The highest BCUT2D eigenvalue weighted by atomic mass is 32.2. The van der Waals surface area contributed by atoms with Crippen LogP contribution in [-0.2, 0) is 0 Å². The summed E-state index contributed by atoms with van der Waals surface area (Å²) in [5.74, 6) is 4.99. The second-order valence-electron chi connectivity index (χ2n) is 4.95. The molecule has 0 aromatic heterocycles. The van der Waals surface area contributed by atoms with E-state index < -0.39 is 17.7 Å². The molecule has 0 aliphatic heterocycles. The van der Waals surface area contributed by atoms with Crippen LogP contribution in [0.5, 0.6) is 0 Å². The van der Waals surface area contributed by atoms with Gasteiger partial charge >= 0.3 is 0 Å². The third-order valence-electron chi connectivity index (χ3n) is 3.60. The predicted molar refractivity (Wildman–Crippen MR) is 75.8 cm³/mol. The van der Waals surface area contributed by atoms with E-state index in [9.17, 15) is 8.78 Å². The van der Waals surface area contributed by atoms with Gasteiger partial charge in [0.25, 0.3) is 0 Å². The number of nitrogens with one attached hydrogen (secondary N) is 1. The van der Waals surface area contributed by atoms with E-state index in [4.69, 9.17) is 5.84 Å². The highest BCUT2D eigenvalue weighted by Crippen LogP contribution is 2.32. The molecule has 0 amide bonds. The first-order chi connectivity index (χ1) is 9.22. The molecule has 19 heavy (non-hydrogen) atoms. The Morgan fingerprint density at radius 3 is 2.42 bits per heavy atom. The number of halogens is 2. The number of hydrogen-bond donors (Lipinski definition) is 2. The van der Waals surface area contributed by atoms with Crippen LogP contribution in [0, 0.1) is 11.6 Å². The Bertz CT molecular complexity index is 388. The van der Waals surface area contributed by atoms with Crippen LogP contribution >= 0.6 is 11.8 Å². The van der Waals surface area contributed by atoms with E-state index in [1.54, 1.807) is 11.8 Å². The summed E-state index contributed by atoms with van der Waals surface area (Å²) in [6.07, 6.45) is 6.21. The standard InChI is InChI=1S/C14H20F2N2S/c15-11-7-4-8-12(16)14(11)13(18-17)9-19-10-5-2-1-3-6-10/h4,7-8,10,13,18H,1-3,5-6,9,17H2. The maximum absolute atomic E-state index is 13.7. The summed E-state index contributed by atoms with van der Waals surface area (Å²) in [6.45, 7) is 0. The lowest BCUT2D eigenvalue weighted by atomic mass is 10.0. The van der Waals surface area contributed by atoms with Crippen LogP contribution in [0.25, 0.3) is 0 Å². The van der Waals surface area contributed by atoms with Crippen molar-refractivity contribution in [3.63, 3.8) is 0 Å². The lowest BCUT2D eigenvalue weighted by Gasteiger charge is -2.24. The van der Waals surface area contributed by atoms with Crippen LogP contribution in [0.15, 0.2) is 18.2 Å². The number of rotatable bonds is 5. The van der Waals surface area contributed by atoms with E-state index in [2.05, 4.69) is 5.43 Å². The fraction of sp³-hybridized carbons (Fsp3) is 0.571. The second-order valence-corrected chi connectivity index (χ2v) is 6.28. The van der Waals surface area contributed by atoms with Crippen LogP contribution in [0.4, 0.5) is 8.78 Å². The van der Waals surface area contributed by atoms with Gasteiger partial charge in [0.1, 0.15) is 11.6 Å². The van der Waals surface area contributed by atoms with Crippen molar-refractivity contribution < 1.29 is 8.78 Å². The van der Waals surface area contributed by atoms with E-state index in [1.807, 2.05) is 0 Å². The van der Waals surface area contributed by atoms with E-state index in [0.29, 0.717) is 11.0 Å². The van der Waals surface area contributed by atoms with Crippen molar-refractivity contribution in [2.75, 3.05) is 5.75 Å². The lowest BCUT2D eigenvalue weighted by Crippen LogP contribution is -2.31. The van der Waals surface area contributed by atoms with Gasteiger partial charge in [0, 0.05) is 16.6 Å². The number of benzene rings is 1. The van der Waals surface area contributed by atoms with E-state index in [-0.39, 0.29) is 5.56 Å². The molecule has 0 saturated heterocycles. The van der Waals surface area contributed by atoms with Gasteiger partial charge in [-0.3, -0.25) is 11.3 Å². The molecule has 2 nitrogen and oxygen atoms in total. The zero-order valence-corrected chi connectivity index (χ0v) is 11.7. The average Bonchev–Trinajstić information content (AvgIpc) is 2.43. The number of nitrogens with two attached hydrogens (primary N) is 1. The van der Waals surface area contributed by atoms with Gasteiger partial charge in [-0.2, -0.15) is 11.8 Å². The topological polar surface area (TPSA) is 38.0 Å². The summed E-state index contributed by atoms with van der Waals surface area (Å²) in [4.78, 5) is 0. The summed E-state index contributed by atoms with van der Waals surface area (Å²) < 4.78 is 27.4. The van der Waals surface area contributed by atoms with E-state index in [0.717, 1.165) is 0 Å². The summed E-state index contributed by atoms with van der Waals surface area (Å²) in [6, 6.07) is 3.44. The molecule has 3 N–H and O–H groups in total. The minimum absolute atomic E-state index is 0.0494. The first kappa shape index (κ1) is 14.8. The molecule has 0 bridgehead atoms. The molecule has 1 atom stereocenters. The predicted octanol–water partition coefficient (Wildman–Crippen LogP) is 3.54. The fourth-order valence-corrected chi connectivity index (χ4v) is 3.92. The molecule has 1 fully saturated rings. The van der Waals surface area contributed by atoms with Crippen molar-refractivity contribution in [3.05, 3.63) is 35.4 Å². The Morgan fingerprint density at radius 2 is 1.84 bits per heavy atom. The molecule has 2 rings (SSSR count). The summed E-state index contributed by atoms with van der Waals surface area (Å²) in [5.41, 5.74) is 2.59. The number of hydrazine groups is 1. The zero-order chi connectivity index (χ0) is 13.7. The molecule has 1 aliphatic rings. The Morgan fingerprint density at radius 1 is 1.21 bits per heavy atom. The molecule has 1 unspecified atom stereocenters. The molecule has 106 valence electrons. The van der Waals surface area contributed by atoms with Crippen molar-refractivity contribution in [1.82, 2.24) is 5.43 Å². The highest BCUT2D eigenvalue weighted by molar-refractivity contribution is 7.99. The van der Waals surface area contributed by atoms with E-state index >= 15 is 0 Å². The van der Waals surface area contributed by atoms with Crippen LogP contribution in [0.3, 0.4) is 0 Å². The first-order valence-electron chi connectivity index (χ1n) is 6.74. The van der Waals surface area contributed by atoms with Gasteiger partial charge in [-0.15, -0.1) is 0 Å². The maximum atomic E-state index is 13.7. The van der Waals surface area contributed by atoms with Crippen molar-refractivity contribution in [2.24, 2.45) is 5.84 Å². The Kier molecular flexibility index (Phi) is 5.60. The van der Waals surface area contributed by atoms with Gasteiger partial charge < -0.3 is 0 Å². The molecular weight excluding hydrogens is 266 g/mol.